The van der Waals surface area contributed by atoms with E-state index in [1.165, 1.54) is 5.56 Å². The summed E-state index contributed by atoms with van der Waals surface area (Å²) in [6, 6.07) is 10.9. The summed E-state index contributed by atoms with van der Waals surface area (Å²) in [6.45, 7) is 8.73. The molecule has 1 aromatic rings. The fourth-order valence-electron chi connectivity index (χ4n) is 1.81. The molecule has 0 fully saturated rings. The van der Waals surface area contributed by atoms with Gasteiger partial charge in [0, 0.05) is 0 Å². The van der Waals surface area contributed by atoms with E-state index in [4.69, 9.17) is 5.26 Å². The second-order valence-corrected chi connectivity index (χ2v) is 5.34. The van der Waals surface area contributed by atoms with Gasteiger partial charge in [0.15, 0.2) is 0 Å². The van der Waals surface area contributed by atoms with Crippen LogP contribution in [0, 0.1) is 11.3 Å². The van der Waals surface area contributed by atoms with Crippen LogP contribution in [0.1, 0.15) is 57.6 Å². The standard InChI is InChI=1S/C15H21N/c1-5-6-13(11-16)12-7-9-14(10-8-12)15(2,3)4/h7-10,13H,5-6H2,1-4H3. The van der Waals surface area contributed by atoms with E-state index in [0.29, 0.717) is 0 Å². The normalized spacial score (nSPS) is 13.2. The van der Waals surface area contributed by atoms with Crippen molar-refractivity contribution < 1.29 is 0 Å². The van der Waals surface area contributed by atoms with Crippen molar-refractivity contribution >= 4 is 0 Å². The van der Waals surface area contributed by atoms with Gasteiger partial charge in [-0.25, -0.2) is 0 Å². The van der Waals surface area contributed by atoms with Gasteiger partial charge in [0.05, 0.1) is 12.0 Å². The Kier molecular flexibility index (Phi) is 4.12. The minimum absolute atomic E-state index is 0.0546. The zero-order chi connectivity index (χ0) is 12.2. The van der Waals surface area contributed by atoms with E-state index in [2.05, 4.69) is 58.0 Å². The van der Waals surface area contributed by atoms with Crippen molar-refractivity contribution in [2.24, 2.45) is 0 Å². The van der Waals surface area contributed by atoms with Crippen molar-refractivity contribution in [1.82, 2.24) is 0 Å². The Labute approximate surface area is 99.1 Å². The average molecular weight is 215 g/mol. The molecule has 0 amide bonds. The van der Waals surface area contributed by atoms with Crippen molar-refractivity contribution in [1.29, 1.82) is 5.26 Å². The molecular weight excluding hydrogens is 194 g/mol. The fourth-order valence-corrected chi connectivity index (χ4v) is 1.81. The van der Waals surface area contributed by atoms with Gasteiger partial charge in [-0.1, -0.05) is 58.4 Å². The van der Waals surface area contributed by atoms with Crippen molar-refractivity contribution in [2.45, 2.75) is 51.9 Å². The predicted molar refractivity (Wildman–Crippen MR) is 68.4 cm³/mol. The Hall–Kier alpha value is -1.29. The van der Waals surface area contributed by atoms with Crippen LogP contribution >= 0.6 is 0 Å². The van der Waals surface area contributed by atoms with E-state index >= 15 is 0 Å². The first-order chi connectivity index (χ1) is 7.49. The van der Waals surface area contributed by atoms with Crippen molar-refractivity contribution in [3.8, 4) is 6.07 Å². The highest BCUT2D eigenvalue weighted by atomic mass is 14.3. The summed E-state index contributed by atoms with van der Waals surface area (Å²) in [6.07, 6.45) is 2.00. The molecule has 1 nitrogen and oxygen atoms in total. The van der Waals surface area contributed by atoms with Crippen molar-refractivity contribution in [3.63, 3.8) is 0 Å². The largest absolute Gasteiger partial charge is 0.198 e. The monoisotopic (exact) mass is 215 g/mol. The van der Waals surface area contributed by atoms with Gasteiger partial charge < -0.3 is 0 Å². The number of hydrogen-bond acceptors (Lipinski definition) is 1. The third-order valence-electron chi connectivity index (χ3n) is 2.91. The molecule has 0 radical (unpaired) electrons. The molecule has 0 saturated carbocycles. The molecule has 1 atom stereocenters. The van der Waals surface area contributed by atoms with E-state index in [0.717, 1.165) is 18.4 Å². The number of nitrogens with zero attached hydrogens (tertiary/aromatic N) is 1. The lowest BCUT2D eigenvalue weighted by Gasteiger charge is -2.19. The molecule has 0 N–H and O–H groups in total. The first-order valence-corrected chi connectivity index (χ1v) is 5.99. The van der Waals surface area contributed by atoms with Gasteiger partial charge in [0.2, 0.25) is 0 Å². The number of nitriles is 1. The molecule has 0 saturated heterocycles. The Morgan fingerprint density at radius 3 is 2.12 bits per heavy atom. The SMILES string of the molecule is CCCC(C#N)c1ccc(C(C)(C)C)cc1. The molecule has 1 aromatic carbocycles. The van der Waals surface area contributed by atoms with Crippen LogP contribution in [0.3, 0.4) is 0 Å². The summed E-state index contributed by atoms with van der Waals surface area (Å²) in [7, 11) is 0. The summed E-state index contributed by atoms with van der Waals surface area (Å²) in [5.74, 6) is 0.0546. The molecule has 0 bridgehead atoms. The summed E-state index contributed by atoms with van der Waals surface area (Å²) in [5, 5.41) is 9.09. The molecule has 0 aliphatic carbocycles. The number of hydrogen-bond donors (Lipinski definition) is 0. The smallest absolute Gasteiger partial charge is 0.0712 e. The van der Waals surface area contributed by atoms with Crippen LogP contribution in [-0.4, -0.2) is 0 Å². The lowest BCUT2D eigenvalue weighted by atomic mass is 9.85. The maximum atomic E-state index is 9.09. The second-order valence-electron chi connectivity index (χ2n) is 5.34. The predicted octanol–water partition coefficient (Wildman–Crippen LogP) is 4.39. The zero-order valence-corrected chi connectivity index (χ0v) is 10.7. The van der Waals surface area contributed by atoms with Crippen LogP contribution in [0.2, 0.25) is 0 Å². The molecule has 1 unspecified atom stereocenters. The lowest BCUT2D eigenvalue weighted by molar-refractivity contribution is 0.589. The lowest BCUT2D eigenvalue weighted by Crippen LogP contribution is -2.11. The van der Waals surface area contributed by atoms with Crippen molar-refractivity contribution in [2.75, 3.05) is 0 Å². The highest BCUT2D eigenvalue weighted by molar-refractivity contribution is 5.31. The van der Waals surface area contributed by atoms with Crippen LogP contribution in [0.25, 0.3) is 0 Å². The van der Waals surface area contributed by atoms with Gasteiger partial charge >= 0.3 is 0 Å². The molecule has 0 heterocycles. The molecule has 0 aliphatic heterocycles. The van der Waals surface area contributed by atoms with Crippen molar-refractivity contribution in [3.05, 3.63) is 35.4 Å². The van der Waals surface area contributed by atoms with Crippen LogP contribution in [-0.2, 0) is 5.41 Å². The van der Waals surface area contributed by atoms with Gasteiger partial charge in [-0.05, 0) is 23.0 Å². The number of benzene rings is 1. The average Bonchev–Trinajstić information content (AvgIpc) is 2.25. The molecule has 1 rings (SSSR count). The summed E-state index contributed by atoms with van der Waals surface area (Å²) in [5.41, 5.74) is 2.66. The maximum Gasteiger partial charge on any atom is 0.0712 e. The third-order valence-corrected chi connectivity index (χ3v) is 2.91. The minimum atomic E-state index is 0.0546. The Morgan fingerprint density at radius 1 is 1.19 bits per heavy atom. The van der Waals surface area contributed by atoms with Gasteiger partial charge in [-0.2, -0.15) is 5.26 Å². The molecule has 16 heavy (non-hydrogen) atoms. The Bertz CT molecular complexity index is 362. The molecule has 1 heteroatoms. The van der Waals surface area contributed by atoms with E-state index < -0.39 is 0 Å². The number of rotatable bonds is 3. The van der Waals surface area contributed by atoms with Gasteiger partial charge in [0.25, 0.3) is 0 Å². The highest BCUT2D eigenvalue weighted by Crippen LogP contribution is 2.26. The summed E-state index contributed by atoms with van der Waals surface area (Å²) < 4.78 is 0. The summed E-state index contributed by atoms with van der Waals surface area (Å²) in [4.78, 5) is 0. The van der Waals surface area contributed by atoms with Gasteiger partial charge in [0.1, 0.15) is 0 Å². The minimum Gasteiger partial charge on any atom is -0.198 e. The fraction of sp³-hybridized carbons (Fsp3) is 0.533. The first kappa shape index (κ1) is 12.8. The quantitative estimate of drug-likeness (QED) is 0.733. The maximum absolute atomic E-state index is 9.09. The molecule has 0 aliphatic rings. The summed E-state index contributed by atoms with van der Waals surface area (Å²) >= 11 is 0. The second kappa shape index (κ2) is 5.16. The molecule has 86 valence electrons. The van der Waals surface area contributed by atoms with Crippen LogP contribution < -0.4 is 0 Å². The molecule has 0 spiro atoms. The van der Waals surface area contributed by atoms with Crippen LogP contribution in [0.4, 0.5) is 0 Å². The topological polar surface area (TPSA) is 23.8 Å². The molecule has 0 aromatic heterocycles. The van der Waals surface area contributed by atoms with Crippen LogP contribution in [0.5, 0.6) is 0 Å². The van der Waals surface area contributed by atoms with E-state index in [1.54, 1.807) is 0 Å². The third kappa shape index (κ3) is 3.10. The zero-order valence-electron chi connectivity index (χ0n) is 10.7. The van der Waals surface area contributed by atoms with Gasteiger partial charge in [-0.3, -0.25) is 0 Å². The first-order valence-electron chi connectivity index (χ1n) is 5.99. The van der Waals surface area contributed by atoms with E-state index in [1.807, 2.05) is 0 Å². The Morgan fingerprint density at radius 2 is 1.75 bits per heavy atom. The van der Waals surface area contributed by atoms with E-state index in [-0.39, 0.29) is 11.3 Å². The van der Waals surface area contributed by atoms with E-state index in [9.17, 15) is 0 Å². The molecular formula is C15H21N. The Balaban J connectivity index is 2.90. The highest BCUT2D eigenvalue weighted by Gasteiger charge is 2.14. The van der Waals surface area contributed by atoms with Gasteiger partial charge in [-0.15, -0.1) is 0 Å². The van der Waals surface area contributed by atoms with Crippen LogP contribution in [0.15, 0.2) is 24.3 Å².